The van der Waals surface area contributed by atoms with Gasteiger partial charge in [-0.25, -0.2) is 0 Å². The molecule has 124 valence electrons. The van der Waals surface area contributed by atoms with E-state index in [0.717, 1.165) is 24.2 Å². The minimum absolute atomic E-state index is 0.0924. The second-order valence-electron chi connectivity index (χ2n) is 5.79. The second-order valence-corrected chi connectivity index (χ2v) is 6.66. The van der Waals surface area contributed by atoms with Crippen LogP contribution >= 0.6 is 23.2 Å². The Morgan fingerprint density at radius 2 is 1.88 bits per heavy atom. The highest BCUT2D eigenvalue weighted by Crippen LogP contribution is 2.31. The van der Waals surface area contributed by atoms with Crippen LogP contribution in [0.15, 0.2) is 30.3 Å². The molecular weight excluding hydrogens is 349 g/mol. The largest absolute Gasteiger partial charge is 0.395 e. The van der Waals surface area contributed by atoms with Crippen LogP contribution in [-0.2, 0) is 0 Å². The molecule has 4 rings (SSSR count). The molecule has 6 nitrogen and oxygen atoms in total. The van der Waals surface area contributed by atoms with Gasteiger partial charge in [0.25, 0.3) is 0 Å². The molecule has 1 saturated carbocycles. The number of fused-ring (bicyclic) bond motifs is 1. The molecule has 1 N–H and O–H groups in total. The van der Waals surface area contributed by atoms with Crippen molar-refractivity contribution >= 4 is 34.7 Å². The fourth-order valence-corrected chi connectivity index (χ4v) is 3.30. The molecule has 0 aliphatic heterocycles. The molecule has 0 spiro atoms. The molecule has 0 radical (unpaired) electrons. The van der Waals surface area contributed by atoms with E-state index in [1.165, 1.54) is 0 Å². The third kappa shape index (κ3) is 2.92. The molecule has 0 saturated heterocycles. The summed E-state index contributed by atoms with van der Waals surface area (Å²) in [5.74, 6) is 1.38. The maximum Gasteiger partial charge on any atom is 0.185 e. The van der Waals surface area contributed by atoms with Gasteiger partial charge in [-0.15, -0.1) is 15.3 Å². The minimum atomic E-state index is 0.0924. The number of anilines is 1. The summed E-state index contributed by atoms with van der Waals surface area (Å²) in [5.41, 5.74) is 1.40. The predicted molar refractivity (Wildman–Crippen MR) is 93.7 cm³/mol. The van der Waals surface area contributed by atoms with Gasteiger partial charge in [0.1, 0.15) is 5.82 Å². The number of aromatic nitrogens is 4. The van der Waals surface area contributed by atoms with Crippen molar-refractivity contribution in [3.63, 3.8) is 0 Å². The number of aliphatic hydroxyl groups is 1. The number of rotatable bonds is 5. The third-order valence-electron chi connectivity index (χ3n) is 3.99. The third-order valence-corrected chi connectivity index (χ3v) is 4.43. The first-order chi connectivity index (χ1) is 11.7. The Kier molecular flexibility index (Phi) is 4.04. The number of halogens is 2. The molecule has 8 heteroatoms. The van der Waals surface area contributed by atoms with Crippen molar-refractivity contribution in [2.75, 3.05) is 18.1 Å². The Bertz CT molecular complexity index is 873. The molecule has 1 fully saturated rings. The maximum absolute atomic E-state index is 9.31. The van der Waals surface area contributed by atoms with Gasteiger partial charge < -0.3 is 10.0 Å². The van der Waals surface area contributed by atoms with Crippen molar-refractivity contribution in [1.29, 1.82) is 0 Å². The monoisotopic (exact) mass is 363 g/mol. The lowest BCUT2D eigenvalue weighted by Gasteiger charge is -2.22. The molecule has 0 unspecified atom stereocenters. The van der Waals surface area contributed by atoms with Gasteiger partial charge in [0.05, 0.1) is 6.61 Å². The molecule has 1 aliphatic rings. The molecular formula is C16H15Cl2N5O. The van der Waals surface area contributed by atoms with E-state index < -0.39 is 0 Å². The molecule has 0 amide bonds. The van der Waals surface area contributed by atoms with E-state index in [1.54, 1.807) is 22.7 Å². The van der Waals surface area contributed by atoms with E-state index in [-0.39, 0.29) is 6.61 Å². The molecule has 3 aromatic rings. The van der Waals surface area contributed by atoms with Crippen molar-refractivity contribution in [3.8, 4) is 11.4 Å². The first kappa shape index (κ1) is 15.6. The van der Waals surface area contributed by atoms with E-state index in [9.17, 15) is 5.11 Å². The smallest absolute Gasteiger partial charge is 0.185 e. The highest BCUT2D eigenvalue weighted by molar-refractivity contribution is 6.35. The fourth-order valence-electron chi connectivity index (χ4n) is 2.77. The zero-order valence-electron chi connectivity index (χ0n) is 12.7. The summed E-state index contributed by atoms with van der Waals surface area (Å²) in [7, 11) is 0. The molecule has 1 aromatic carbocycles. The lowest BCUT2D eigenvalue weighted by molar-refractivity contribution is 0.301. The predicted octanol–water partition coefficient (Wildman–Crippen LogP) is 3.06. The van der Waals surface area contributed by atoms with Gasteiger partial charge in [-0.1, -0.05) is 23.2 Å². The normalized spacial score (nSPS) is 14.3. The summed E-state index contributed by atoms with van der Waals surface area (Å²) in [5, 5.41) is 23.4. The van der Waals surface area contributed by atoms with Crippen LogP contribution in [0.1, 0.15) is 12.8 Å². The van der Waals surface area contributed by atoms with Gasteiger partial charge in [-0.2, -0.15) is 4.52 Å². The number of nitrogens with zero attached hydrogens (tertiary/aromatic N) is 5. The number of aliphatic hydroxyl groups excluding tert-OH is 1. The maximum atomic E-state index is 9.31. The molecule has 2 heterocycles. The van der Waals surface area contributed by atoms with Gasteiger partial charge in [0.15, 0.2) is 11.5 Å². The first-order valence-corrected chi connectivity index (χ1v) is 8.48. The Morgan fingerprint density at radius 1 is 1.12 bits per heavy atom. The minimum Gasteiger partial charge on any atom is -0.395 e. The summed E-state index contributed by atoms with van der Waals surface area (Å²) >= 11 is 12.2. The number of benzene rings is 1. The van der Waals surface area contributed by atoms with Crippen molar-refractivity contribution < 1.29 is 5.11 Å². The van der Waals surface area contributed by atoms with Gasteiger partial charge >= 0.3 is 0 Å². The first-order valence-electron chi connectivity index (χ1n) is 7.72. The topological polar surface area (TPSA) is 66.5 Å². The fraction of sp³-hybridized carbons (Fsp3) is 0.312. The van der Waals surface area contributed by atoms with Gasteiger partial charge in [0, 0.05) is 28.2 Å². The average Bonchev–Trinajstić information content (AvgIpc) is 3.30. The average molecular weight is 364 g/mol. The Balaban J connectivity index is 1.81. The van der Waals surface area contributed by atoms with Crippen LogP contribution < -0.4 is 4.90 Å². The molecule has 24 heavy (non-hydrogen) atoms. The van der Waals surface area contributed by atoms with E-state index in [1.807, 2.05) is 12.1 Å². The zero-order chi connectivity index (χ0) is 16.7. The van der Waals surface area contributed by atoms with Crippen LogP contribution in [0, 0.1) is 0 Å². The summed E-state index contributed by atoms with van der Waals surface area (Å²) in [6.07, 6.45) is 2.25. The number of hydrogen-bond donors (Lipinski definition) is 1. The van der Waals surface area contributed by atoms with Crippen LogP contribution in [-0.4, -0.2) is 44.1 Å². The van der Waals surface area contributed by atoms with Crippen molar-refractivity contribution in [2.45, 2.75) is 18.9 Å². The van der Waals surface area contributed by atoms with Crippen LogP contribution in [0.4, 0.5) is 5.82 Å². The second kappa shape index (κ2) is 6.20. The van der Waals surface area contributed by atoms with E-state index >= 15 is 0 Å². The van der Waals surface area contributed by atoms with E-state index in [4.69, 9.17) is 23.2 Å². The van der Waals surface area contributed by atoms with Crippen LogP contribution in [0.25, 0.3) is 17.0 Å². The zero-order valence-corrected chi connectivity index (χ0v) is 14.2. The molecule has 0 atom stereocenters. The Hall–Kier alpha value is -1.89. The van der Waals surface area contributed by atoms with Crippen LogP contribution in [0.5, 0.6) is 0 Å². The van der Waals surface area contributed by atoms with Crippen LogP contribution in [0.3, 0.4) is 0 Å². The van der Waals surface area contributed by atoms with Gasteiger partial charge in [-0.05, 0) is 43.2 Å². The lowest BCUT2D eigenvalue weighted by Crippen LogP contribution is -2.30. The summed E-state index contributed by atoms with van der Waals surface area (Å²) in [6.45, 7) is 0.652. The Morgan fingerprint density at radius 3 is 2.54 bits per heavy atom. The standard InChI is InChI=1S/C16H15Cl2N5O/c17-11-7-10(8-12(18)9-11)16-20-19-14-3-4-15(21-23(14)16)22(5-6-24)13-1-2-13/h3-4,7-9,13,24H,1-2,5-6H2. The quantitative estimate of drug-likeness (QED) is 0.754. The van der Waals surface area contributed by atoms with Crippen LogP contribution in [0.2, 0.25) is 10.0 Å². The van der Waals surface area contributed by atoms with Crippen molar-refractivity contribution in [1.82, 2.24) is 19.8 Å². The number of hydrogen-bond acceptors (Lipinski definition) is 5. The highest BCUT2D eigenvalue weighted by atomic mass is 35.5. The van der Waals surface area contributed by atoms with E-state index in [0.29, 0.717) is 34.1 Å². The molecule has 2 aromatic heterocycles. The van der Waals surface area contributed by atoms with Gasteiger partial charge in [-0.3, -0.25) is 0 Å². The summed E-state index contributed by atoms with van der Waals surface area (Å²) < 4.78 is 1.68. The van der Waals surface area contributed by atoms with Gasteiger partial charge in [0.2, 0.25) is 0 Å². The summed E-state index contributed by atoms with van der Waals surface area (Å²) in [4.78, 5) is 2.12. The summed E-state index contributed by atoms with van der Waals surface area (Å²) in [6, 6.07) is 9.47. The SMILES string of the molecule is OCCN(c1ccc2nnc(-c3cc(Cl)cc(Cl)c3)n2n1)C1CC1. The Labute approximate surface area is 148 Å². The van der Waals surface area contributed by atoms with E-state index in [2.05, 4.69) is 20.2 Å². The van der Waals surface area contributed by atoms with Crippen molar-refractivity contribution in [3.05, 3.63) is 40.4 Å². The van der Waals surface area contributed by atoms with Crippen molar-refractivity contribution in [2.24, 2.45) is 0 Å². The molecule has 0 bridgehead atoms. The highest BCUT2D eigenvalue weighted by Gasteiger charge is 2.30. The molecule has 1 aliphatic carbocycles. The lowest BCUT2D eigenvalue weighted by atomic mass is 10.2.